The van der Waals surface area contributed by atoms with E-state index in [1.54, 1.807) is 26.0 Å². The molecule has 0 saturated carbocycles. The van der Waals surface area contributed by atoms with E-state index < -0.39 is 28.7 Å². The number of esters is 2. The molecule has 0 spiro atoms. The van der Waals surface area contributed by atoms with Crippen molar-refractivity contribution in [2.24, 2.45) is 16.8 Å². The van der Waals surface area contributed by atoms with Crippen molar-refractivity contribution in [1.82, 2.24) is 4.90 Å². The van der Waals surface area contributed by atoms with E-state index in [9.17, 15) is 19.7 Å². The Kier molecular flexibility index (Phi) is 10.2. The normalized spacial score (nSPS) is 19.2. The first-order valence-corrected chi connectivity index (χ1v) is 15.4. The van der Waals surface area contributed by atoms with E-state index in [-0.39, 0.29) is 17.9 Å². The molecule has 9 nitrogen and oxygen atoms in total. The van der Waals surface area contributed by atoms with Crippen LogP contribution in [-0.4, -0.2) is 60.8 Å². The molecule has 234 valence electrons. The average molecular weight is 610 g/mol. The maximum Gasteiger partial charge on any atom is 0.336 e. The Balaban J connectivity index is 1.26. The number of nitro benzene ring substituents is 1. The fraction of sp³-hybridized carbons (Fsp3) is 0.361. The Morgan fingerprint density at radius 3 is 2.16 bits per heavy atom. The summed E-state index contributed by atoms with van der Waals surface area (Å²) in [6.45, 7) is 5.93. The lowest BCUT2D eigenvalue weighted by atomic mass is 9.75. The van der Waals surface area contributed by atoms with Gasteiger partial charge in [-0.05, 0) is 62.4 Å². The highest BCUT2D eigenvalue weighted by atomic mass is 16.6. The van der Waals surface area contributed by atoms with Crippen molar-refractivity contribution in [3.05, 3.63) is 123 Å². The average Bonchev–Trinajstić information content (AvgIpc) is 3.06. The summed E-state index contributed by atoms with van der Waals surface area (Å²) in [4.78, 5) is 44.4. The number of benzene rings is 3. The number of hydrogen-bond acceptors (Lipinski definition) is 8. The third kappa shape index (κ3) is 7.20. The van der Waals surface area contributed by atoms with E-state index in [0.29, 0.717) is 35.4 Å². The summed E-state index contributed by atoms with van der Waals surface area (Å²) in [6, 6.07) is 27.3. The second-order valence-electron chi connectivity index (χ2n) is 11.7. The van der Waals surface area contributed by atoms with Crippen molar-refractivity contribution < 1.29 is 24.0 Å². The molecule has 0 aromatic heterocycles. The van der Waals surface area contributed by atoms with Crippen LogP contribution in [0.25, 0.3) is 0 Å². The highest BCUT2D eigenvalue weighted by Crippen LogP contribution is 2.41. The maximum absolute atomic E-state index is 13.6. The highest BCUT2D eigenvalue weighted by molar-refractivity contribution is 6.07. The third-order valence-electron chi connectivity index (χ3n) is 9.01. The summed E-state index contributed by atoms with van der Waals surface area (Å²) in [7, 11) is 1.27. The van der Waals surface area contributed by atoms with Gasteiger partial charge in [0, 0.05) is 41.9 Å². The highest BCUT2D eigenvalue weighted by Gasteiger charge is 2.42. The van der Waals surface area contributed by atoms with Crippen LogP contribution in [0.5, 0.6) is 0 Å². The lowest BCUT2D eigenvalue weighted by molar-refractivity contribution is -0.384. The molecular weight excluding hydrogens is 570 g/mol. The first-order valence-electron chi connectivity index (χ1n) is 15.4. The van der Waals surface area contributed by atoms with Crippen molar-refractivity contribution in [3.63, 3.8) is 0 Å². The lowest BCUT2D eigenvalue weighted by Crippen LogP contribution is -2.39. The van der Waals surface area contributed by atoms with Crippen LogP contribution in [0.2, 0.25) is 0 Å². The van der Waals surface area contributed by atoms with Gasteiger partial charge in [0.2, 0.25) is 0 Å². The van der Waals surface area contributed by atoms with Gasteiger partial charge in [0.15, 0.2) is 0 Å². The number of piperidine rings is 1. The fourth-order valence-electron chi connectivity index (χ4n) is 6.84. The van der Waals surface area contributed by atoms with Crippen molar-refractivity contribution >= 4 is 23.3 Å². The minimum Gasteiger partial charge on any atom is -0.468 e. The molecular formula is C36H39N3O6. The molecule has 2 aliphatic heterocycles. The number of non-ortho nitro benzene ring substituents is 1. The Hall–Kier alpha value is -4.63. The Morgan fingerprint density at radius 1 is 0.956 bits per heavy atom. The molecule has 2 atom stereocenters. The van der Waals surface area contributed by atoms with Crippen LogP contribution < -0.4 is 0 Å². The number of nitro groups is 1. The summed E-state index contributed by atoms with van der Waals surface area (Å²) >= 11 is 0. The quantitative estimate of drug-likeness (QED) is 0.151. The van der Waals surface area contributed by atoms with Gasteiger partial charge >= 0.3 is 11.9 Å². The predicted molar refractivity (Wildman–Crippen MR) is 172 cm³/mol. The molecule has 0 radical (unpaired) electrons. The van der Waals surface area contributed by atoms with Gasteiger partial charge < -0.3 is 9.47 Å². The SMILES string of the molecule is COC(=O)C1C(C)=NC(C)=C(C(=O)OCCN2CCC(C(c3ccccc3)c3ccccc3)CC2)C1c1cccc([N+](=O)[O-])c1. The van der Waals surface area contributed by atoms with Gasteiger partial charge in [-0.25, -0.2) is 4.79 Å². The number of methoxy groups -OCH3 is 1. The van der Waals surface area contributed by atoms with Crippen molar-refractivity contribution in [2.45, 2.75) is 38.5 Å². The zero-order valence-electron chi connectivity index (χ0n) is 25.9. The molecule has 0 aliphatic carbocycles. The fourth-order valence-corrected chi connectivity index (χ4v) is 6.84. The van der Waals surface area contributed by atoms with Crippen molar-refractivity contribution in [3.8, 4) is 0 Å². The van der Waals surface area contributed by atoms with Gasteiger partial charge in [-0.1, -0.05) is 72.8 Å². The Bertz CT molecular complexity index is 1540. The number of allylic oxidation sites excluding steroid dienone is 1. The van der Waals surface area contributed by atoms with E-state index in [2.05, 4.69) is 70.6 Å². The van der Waals surface area contributed by atoms with Crippen LogP contribution in [0.15, 0.2) is 101 Å². The molecule has 3 aromatic carbocycles. The molecule has 3 aromatic rings. The summed E-state index contributed by atoms with van der Waals surface area (Å²) in [6.07, 6.45) is 2.05. The Morgan fingerprint density at radius 2 is 1.58 bits per heavy atom. The van der Waals surface area contributed by atoms with E-state index in [4.69, 9.17) is 9.47 Å². The number of ether oxygens (including phenoxy) is 2. The summed E-state index contributed by atoms with van der Waals surface area (Å²) < 4.78 is 10.9. The second-order valence-corrected chi connectivity index (χ2v) is 11.7. The monoisotopic (exact) mass is 609 g/mol. The Labute approximate surface area is 263 Å². The van der Waals surface area contributed by atoms with Crippen LogP contribution in [0.3, 0.4) is 0 Å². The molecule has 0 amide bonds. The lowest BCUT2D eigenvalue weighted by Gasteiger charge is -2.36. The van der Waals surface area contributed by atoms with Gasteiger partial charge in [0.25, 0.3) is 5.69 Å². The van der Waals surface area contributed by atoms with Crippen LogP contribution in [0.4, 0.5) is 5.69 Å². The molecule has 0 bridgehead atoms. The first-order chi connectivity index (χ1) is 21.8. The van der Waals surface area contributed by atoms with Crippen LogP contribution >= 0.6 is 0 Å². The molecule has 2 unspecified atom stereocenters. The number of nitrogens with zero attached hydrogens (tertiary/aromatic N) is 3. The van der Waals surface area contributed by atoms with E-state index >= 15 is 0 Å². The zero-order valence-corrected chi connectivity index (χ0v) is 25.9. The van der Waals surface area contributed by atoms with E-state index in [0.717, 1.165) is 25.9 Å². The molecule has 2 aliphatic rings. The number of carbonyl (C=O) groups excluding carboxylic acids is 2. The molecule has 2 heterocycles. The largest absolute Gasteiger partial charge is 0.468 e. The van der Waals surface area contributed by atoms with E-state index in [1.165, 1.54) is 30.4 Å². The molecule has 0 N–H and O–H groups in total. The molecule has 9 heteroatoms. The number of carbonyl (C=O) groups is 2. The smallest absolute Gasteiger partial charge is 0.336 e. The summed E-state index contributed by atoms with van der Waals surface area (Å²) in [5.74, 6) is -2.08. The molecule has 1 fully saturated rings. The van der Waals surface area contributed by atoms with Gasteiger partial charge in [0.05, 0.1) is 17.6 Å². The van der Waals surface area contributed by atoms with Gasteiger partial charge in [-0.3, -0.25) is 24.8 Å². The van der Waals surface area contributed by atoms with Gasteiger partial charge in [-0.2, -0.15) is 0 Å². The van der Waals surface area contributed by atoms with Crippen LogP contribution in [-0.2, 0) is 19.1 Å². The molecule has 5 rings (SSSR count). The molecule has 45 heavy (non-hydrogen) atoms. The molecule has 1 saturated heterocycles. The topological polar surface area (TPSA) is 111 Å². The van der Waals surface area contributed by atoms with Gasteiger partial charge in [0.1, 0.15) is 12.5 Å². The number of aliphatic imine (C=N–C) groups is 1. The van der Waals surface area contributed by atoms with E-state index in [1.807, 2.05) is 0 Å². The number of likely N-dealkylation sites (tertiary alicyclic amines) is 1. The third-order valence-corrected chi connectivity index (χ3v) is 9.01. The number of rotatable bonds is 10. The first kappa shape index (κ1) is 31.8. The minimum atomic E-state index is -0.913. The summed E-state index contributed by atoms with van der Waals surface area (Å²) in [5, 5.41) is 11.5. The zero-order chi connectivity index (χ0) is 31.9. The predicted octanol–water partition coefficient (Wildman–Crippen LogP) is 6.30. The van der Waals surface area contributed by atoms with Crippen LogP contribution in [0.1, 0.15) is 55.2 Å². The van der Waals surface area contributed by atoms with Gasteiger partial charge in [-0.15, -0.1) is 0 Å². The summed E-state index contributed by atoms with van der Waals surface area (Å²) in [5.41, 5.74) is 4.08. The standard InChI is InChI=1S/C36H39N3O6/c1-24-31(35(40)44-3)34(29-15-10-16-30(23-29)39(42)43)32(25(2)37-24)36(41)45-22-21-38-19-17-28(18-20-38)33(26-11-6-4-7-12-26)27-13-8-5-9-14-27/h4-16,23,28,31,33-34H,17-22H2,1-3H3. The van der Waals surface area contributed by atoms with Crippen LogP contribution in [0, 0.1) is 22.0 Å². The maximum atomic E-state index is 13.6. The second kappa shape index (κ2) is 14.4. The minimum absolute atomic E-state index is 0.133. The number of hydrogen-bond donors (Lipinski definition) is 0. The van der Waals surface area contributed by atoms with Crippen molar-refractivity contribution in [2.75, 3.05) is 33.4 Å². The van der Waals surface area contributed by atoms with Crippen molar-refractivity contribution in [1.29, 1.82) is 0 Å².